The van der Waals surface area contributed by atoms with E-state index in [2.05, 4.69) is 29.8 Å². The molecule has 0 bridgehead atoms. The number of ether oxygens (including phenoxy) is 1. The molecule has 7 nitrogen and oxygen atoms in total. The summed E-state index contributed by atoms with van der Waals surface area (Å²) < 4.78 is 7.96. The molecular formula is C30H32BrN4O3+. The molecule has 8 heteroatoms. The zero-order valence-corrected chi connectivity index (χ0v) is 23.4. The first-order valence-corrected chi connectivity index (χ1v) is 13.8. The van der Waals surface area contributed by atoms with Gasteiger partial charge in [0, 0.05) is 16.5 Å². The lowest BCUT2D eigenvalue weighted by Gasteiger charge is -2.40. The van der Waals surface area contributed by atoms with Crippen LogP contribution in [0.3, 0.4) is 0 Å². The van der Waals surface area contributed by atoms with Gasteiger partial charge in [0.2, 0.25) is 0 Å². The van der Waals surface area contributed by atoms with Crippen molar-refractivity contribution in [2.24, 2.45) is 0 Å². The highest BCUT2D eigenvalue weighted by Gasteiger charge is 2.36. The van der Waals surface area contributed by atoms with Gasteiger partial charge in [0.1, 0.15) is 11.8 Å². The van der Waals surface area contributed by atoms with Gasteiger partial charge in [-0.15, -0.1) is 0 Å². The molecule has 1 aliphatic heterocycles. The molecule has 3 aromatic carbocycles. The summed E-state index contributed by atoms with van der Waals surface area (Å²) in [6.07, 6.45) is 0.815. The fraction of sp³-hybridized carbons (Fsp3) is 0.300. The predicted octanol–water partition coefficient (Wildman–Crippen LogP) is 4.04. The van der Waals surface area contributed by atoms with Crippen molar-refractivity contribution in [3.05, 3.63) is 99.0 Å². The van der Waals surface area contributed by atoms with Crippen molar-refractivity contribution in [1.82, 2.24) is 14.5 Å². The molecular weight excluding hydrogens is 544 g/mol. The van der Waals surface area contributed by atoms with E-state index in [1.54, 1.807) is 11.7 Å². The number of nitrogens with one attached hydrogen (secondary N) is 1. The van der Waals surface area contributed by atoms with Crippen LogP contribution in [0.5, 0.6) is 5.75 Å². The van der Waals surface area contributed by atoms with Gasteiger partial charge in [-0.05, 0) is 67.6 Å². The number of hydrogen-bond acceptors (Lipinski definition) is 4. The van der Waals surface area contributed by atoms with Crippen molar-refractivity contribution in [1.29, 1.82) is 0 Å². The largest absolute Gasteiger partial charge is 0.497 e. The van der Waals surface area contributed by atoms with E-state index in [0.717, 1.165) is 41.2 Å². The molecule has 1 fully saturated rings. The smallest absolute Gasteiger partial charge is 0.266 e. The minimum absolute atomic E-state index is 0.00311. The van der Waals surface area contributed by atoms with Gasteiger partial charge >= 0.3 is 0 Å². The number of carbonyl (C=O) groups excluding carboxylic acids is 1. The Labute approximate surface area is 230 Å². The number of nitrogens with zero attached hydrogens (tertiary/aromatic N) is 3. The number of fused-ring (bicyclic) bond motifs is 1. The number of methoxy groups -OCH3 is 1. The highest BCUT2D eigenvalue weighted by atomic mass is 79.9. The number of hydrogen-bond donors (Lipinski definition) is 1. The SMILES string of the molecule is CCC(c1nc2ccccc2c(=O)n1-c1ccc(Br)cc1)[NH+]1CCN(C(=O)c2ccc(OC)cc2)C(C)C1. The average molecular weight is 577 g/mol. The fourth-order valence-corrected chi connectivity index (χ4v) is 5.74. The summed E-state index contributed by atoms with van der Waals surface area (Å²) in [6.45, 7) is 6.42. The molecule has 1 aromatic heterocycles. The highest BCUT2D eigenvalue weighted by molar-refractivity contribution is 9.10. The number of carbonyl (C=O) groups is 1. The number of piperazine rings is 1. The van der Waals surface area contributed by atoms with E-state index in [0.29, 0.717) is 23.0 Å². The predicted molar refractivity (Wildman–Crippen MR) is 152 cm³/mol. The number of amides is 1. The van der Waals surface area contributed by atoms with Crippen molar-refractivity contribution >= 4 is 32.7 Å². The molecule has 2 heterocycles. The second kappa shape index (κ2) is 11.1. The maximum atomic E-state index is 13.8. The van der Waals surface area contributed by atoms with Crippen LogP contribution in [-0.2, 0) is 0 Å². The molecule has 0 spiro atoms. The molecule has 0 radical (unpaired) electrons. The normalized spacial score (nSPS) is 18.4. The Bertz CT molecular complexity index is 1500. The van der Waals surface area contributed by atoms with Gasteiger partial charge < -0.3 is 14.5 Å². The molecule has 5 rings (SSSR count). The molecule has 1 amide bonds. The summed E-state index contributed by atoms with van der Waals surface area (Å²) >= 11 is 3.50. The van der Waals surface area contributed by atoms with Crippen molar-refractivity contribution in [2.75, 3.05) is 26.7 Å². The summed E-state index contributed by atoms with van der Waals surface area (Å²) in [5.41, 5.74) is 2.10. The van der Waals surface area contributed by atoms with E-state index in [4.69, 9.17) is 9.72 Å². The van der Waals surface area contributed by atoms with Crippen LogP contribution in [-0.4, -0.2) is 53.1 Å². The van der Waals surface area contributed by atoms with Crippen molar-refractivity contribution < 1.29 is 14.4 Å². The van der Waals surface area contributed by atoms with E-state index in [1.807, 2.05) is 77.7 Å². The van der Waals surface area contributed by atoms with E-state index in [-0.39, 0.29) is 23.6 Å². The molecule has 0 aliphatic carbocycles. The van der Waals surface area contributed by atoms with Crippen molar-refractivity contribution in [3.8, 4) is 11.4 Å². The third-order valence-electron chi connectivity index (χ3n) is 7.46. The number of halogens is 1. The molecule has 1 aliphatic rings. The summed E-state index contributed by atoms with van der Waals surface area (Å²) in [6, 6.07) is 22.6. The molecule has 196 valence electrons. The second-order valence-electron chi connectivity index (χ2n) is 9.75. The molecule has 1 saturated heterocycles. The second-order valence-corrected chi connectivity index (χ2v) is 10.7. The van der Waals surface area contributed by atoms with E-state index in [9.17, 15) is 9.59 Å². The van der Waals surface area contributed by atoms with Crippen LogP contribution in [0.25, 0.3) is 16.6 Å². The standard InChI is InChI=1S/C30H31BrN4O3/c1-4-27(33-17-18-34(20(2)19-33)29(36)21-9-15-24(38-3)16-10-21)28-32-26-8-6-5-7-25(26)30(37)35(28)23-13-11-22(31)12-14-23/h5-16,20,27H,4,17-19H2,1-3H3/p+1. The molecule has 1 N–H and O–H groups in total. The molecule has 3 unspecified atom stereocenters. The fourth-order valence-electron chi connectivity index (χ4n) is 5.47. The van der Waals surface area contributed by atoms with Crippen LogP contribution in [0, 0.1) is 0 Å². The third kappa shape index (κ3) is 4.98. The Morgan fingerprint density at radius 1 is 1.11 bits per heavy atom. The molecule has 3 atom stereocenters. The number of aromatic nitrogens is 2. The maximum absolute atomic E-state index is 13.8. The first-order valence-electron chi connectivity index (χ1n) is 13.0. The van der Waals surface area contributed by atoms with Crippen LogP contribution in [0.4, 0.5) is 0 Å². The average Bonchev–Trinajstić information content (AvgIpc) is 2.94. The van der Waals surface area contributed by atoms with Crippen molar-refractivity contribution in [2.45, 2.75) is 32.4 Å². The van der Waals surface area contributed by atoms with Crippen LogP contribution < -0.4 is 15.2 Å². The minimum atomic E-state index is -0.0628. The van der Waals surface area contributed by atoms with Gasteiger partial charge in [-0.2, -0.15) is 0 Å². The van der Waals surface area contributed by atoms with Crippen LogP contribution >= 0.6 is 15.9 Å². The topological polar surface area (TPSA) is 68.9 Å². The van der Waals surface area contributed by atoms with Gasteiger partial charge in [-0.1, -0.05) is 35.0 Å². The third-order valence-corrected chi connectivity index (χ3v) is 7.99. The Hall–Kier alpha value is -3.49. The summed E-state index contributed by atoms with van der Waals surface area (Å²) in [4.78, 5) is 35.4. The van der Waals surface area contributed by atoms with Crippen LogP contribution in [0.15, 0.2) is 82.1 Å². The van der Waals surface area contributed by atoms with E-state index >= 15 is 0 Å². The van der Waals surface area contributed by atoms with Gasteiger partial charge in [-0.25, -0.2) is 4.98 Å². The molecule has 0 saturated carbocycles. The van der Waals surface area contributed by atoms with Crippen LogP contribution in [0.1, 0.15) is 42.5 Å². The Kier molecular flexibility index (Phi) is 7.63. The zero-order chi connectivity index (χ0) is 26.8. The quantitative estimate of drug-likeness (QED) is 0.377. The van der Waals surface area contributed by atoms with E-state index in [1.165, 1.54) is 4.90 Å². The summed E-state index contributed by atoms with van der Waals surface area (Å²) in [7, 11) is 1.62. The first kappa shape index (κ1) is 26.1. The maximum Gasteiger partial charge on any atom is 0.266 e. The molecule has 38 heavy (non-hydrogen) atoms. The monoisotopic (exact) mass is 575 g/mol. The Balaban J connectivity index is 1.48. The lowest BCUT2D eigenvalue weighted by molar-refractivity contribution is -0.939. The van der Waals surface area contributed by atoms with E-state index < -0.39 is 0 Å². The summed E-state index contributed by atoms with van der Waals surface area (Å²) in [5.74, 6) is 1.52. The van der Waals surface area contributed by atoms with Gasteiger partial charge in [0.15, 0.2) is 5.82 Å². The van der Waals surface area contributed by atoms with Gasteiger partial charge in [0.25, 0.3) is 11.5 Å². The number of para-hydroxylation sites is 1. The van der Waals surface area contributed by atoms with Crippen LogP contribution in [0.2, 0.25) is 0 Å². The molecule has 4 aromatic rings. The minimum Gasteiger partial charge on any atom is -0.497 e. The lowest BCUT2D eigenvalue weighted by atomic mass is 10.1. The highest BCUT2D eigenvalue weighted by Crippen LogP contribution is 2.21. The number of benzene rings is 3. The van der Waals surface area contributed by atoms with Gasteiger partial charge in [0.05, 0.1) is 49.4 Å². The lowest BCUT2D eigenvalue weighted by Crippen LogP contribution is -3.16. The number of quaternary nitrogens is 1. The van der Waals surface area contributed by atoms with Crippen molar-refractivity contribution in [3.63, 3.8) is 0 Å². The van der Waals surface area contributed by atoms with Gasteiger partial charge in [-0.3, -0.25) is 14.2 Å². The first-order chi connectivity index (χ1) is 18.4. The summed E-state index contributed by atoms with van der Waals surface area (Å²) in [5, 5.41) is 0.604. The Morgan fingerprint density at radius 2 is 1.82 bits per heavy atom. The number of rotatable bonds is 6. The zero-order valence-electron chi connectivity index (χ0n) is 21.9. The Morgan fingerprint density at radius 3 is 2.47 bits per heavy atom.